The van der Waals surface area contributed by atoms with Crippen LogP contribution in [0.3, 0.4) is 0 Å². The Kier molecular flexibility index (Phi) is 9.35. The molecule has 1 rings (SSSR count). The molecule has 0 radical (unpaired) electrons. The standard InChI is InChI=1S/C17H31NO2/c1-15(19)9-5-2-3-8-14-18-17(20)13-12-16-10-6-4-7-11-16/h16H,2-14H2,1H3,(H,18,20). The van der Waals surface area contributed by atoms with E-state index in [0.717, 1.165) is 44.6 Å². The van der Waals surface area contributed by atoms with Gasteiger partial charge in [-0.1, -0.05) is 44.9 Å². The van der Waals surface area contributed by atoms with Crippen molar-refractivity contribution in [2.75, 3.05) is 6.54 Å². The Labute approximate surface area is 123 Å². The van der Waals surface area contributed by atoms with E-state index in [-0.39, 0.29) is 11.7 Å². The summed E-state index contributed by atoms with van der Waals surface area (Å²) in [5.74, 6) is 1.29. The van der Waals surface area contributed by atoms with Crippen molar-refractivity contribution in [3.05, 3.63) is 0 Å². The number of carbonyl (C=O) groups excluding carboxylic acids is 2. The highest BCUT2D eigenvalue weighted by Crippen LogP contribution is 2.27. The zero-order valence-corrected chi connectivity index (χ0v) is 13.1. The molecule has 116 valence electrons. The van der Waals surface area contributed by atoms with Gasteiger partial charge in [0.15, 0.2) is 0 Å². The van der Waals surface area contributed by atoms with Crippen molar-refractivity contribution in [2.45, 2.75) is 84.0 Å². The highest BCUT2D eigenvalue weighted by atomic mass is 16.1. The van der Waals surface area contributed by atoms with Crippen molar-refractivity contribution < 1.29 is 9.59 Å². The number of hydrogen-bond donors (Lipinski definition) is 1. The Hall–Kier alpha value is -0.860. The van der Waals surface area contributed by atoms with E-state index in [9.17, 15) is 9.59 Å². The molecule has 0 bridgehead atoms. The Morgan fingerprint density at radius 1 is 0.950 bits per heavy atom. The molecule has 0 aromatic carbocycles. The molecule has 1 amide bonds. The zero-order valence-electron chi connectivity index (χ0n) is 13.1. The molecule has 3 heteroatoms. The van der Waals surface area contributed by atoms with Crippen LogP contribution in [0.4, 0.5) is 0 Å². The van der Waals surface area contributed by atoms with E-state index in [1.54, 1.807) is 6.92 Å². The van der Waals surface area contributed by atoms with Crippen LogP contribution >= 0.6 is 0 Å². The molecule has 0 unspecified atom stereocenters. The Balaban J connectivity index is 1.88. The van der Waals surface area contributed by atoms with Crippen LogP contribution in [-0.4, -0.2) is 18.2 Å². The fourth-order valence-corrected chi connectivity index (χ4v) is 2.98. The van der Waals surface area contributed by atoms with Crippen LogP contribution in [-0.2, 0) is 9.59 Å². The maximum atomic E-state index is 11.7. The molecule has 1 fully saturated rings. The third-order valence-electron chi connectivity index (χ3n) is 4.28. The lowest BCUT2D eigenvalue weighted by Crippen LogP contribution is -2.25. The highest BCUT2D eigenvalue weighted by molar-refractivity contribution is 5.75. The second-order valence-electron chi connectivity index (χ2n) is 6.26. The van der Waals surface area contributed by atoms with E-state index in [2.05, 4.69) is 5.32 Å². The number of unbranched alkanes of at least 4 members (excludes halogenated alkanes) is 3. The number of hydrogen-bond acceptors (Lipinski definition) is 2. The van der Waals surface area contributed by atoms with E-state index < -0.39 is 0 Å². The predicted molar refractivity (Wildman–Crippen MR) is 82.6 cm³/mol. The summed E-state index contributed by atoms with van der Waals surface area (Å²) in [5, 5.41) is 3.02. The van der Waals surface area contributed by atoms with Crippen molar-refractivity contribution in [2.24, 2.45) is 5.92 Å². The molecule has 20 heavy (non-hydrogen) atoms. The Morgan fingerprint density at radius 2 is 1.65 bits per heavy atom. The first-order valence-electron chi connectivity index (χ1n) is 8.44. The van der Waals surface area contributed by atoms with Crippen LogP contribution in [0.2, 0.25) is 0 Å². The van der Waals surface area contributed by atoms with E-state index in [4.69, 9.17) is 0 Å². The average molecular weight is 281 g/mol. The molecule has 0 aromatic rings. The largest absolute Gasteiger partial charge is 0.356 e. The second-order valence-corrected chi connectivity index (χ2v) is 6.26. The van der Waals surface area contributed by atoms with E-state index >= 15 is 0 Å². The van der Waals surface area contributed by atoms with Gasteiger partial charge in [0, 0.05) is 19.4 Å². The number of Topliss-reactive ketones (excluding diaryl/α,β-unsaturated/α-hetero) is 1. The maximum absolute atomic E-state index is 11.7. The average Bonchev–Trinajstić information content (AvgIpc) is 2.45. The minimum absolute atomic E-state index is 0.222. The molecule has 0 atom stereocenters. The molecule has 0 aliphatic heterocycles. The lowest BCUT2D eigenvalue weighted by atomic mass is 9.86. The van der Waals surface area contributed by atoms with Gasteiger partial charge in [-0.15, -0.1) is 0 Å². The summed E-state index contributed by atoms with van der Waals surface area (Å²) in [6, 6.07) is 0. The first-order valence-corrected chi connectivity index (χ1v) is 8.44. The van der Waals surface area contributed by atoms with Crippen LogP contribution in [0.15, 0.2) is 0 Å². The second kappa shape index (κ2) is 10.9. The van der Waals surface area contributed by atoms with Gasteiger partial charge in [0.05, 0.1) is 0 Å². The number of rotatable bonds is 10. The quantitative estimate of drug-likeness (QED) is 0.615. The number of ketones is 1. The van der Waals surface area contributed by atoms with E-state index in [1.165, 1.54) is 32.1 Å². The molecule has 1 saturated carbocycles. The van der Waals surface area contributed by atoms with Gasteiger partial charge in [0.2, 0.25) is 5.91 Å². The predicted octanol–water partition coefficient (Wildman–Crippen LogP) is 4.00. The smallest absolute Gasteiger partial charge is 0.220 e. The highest BCUT2D eigenvalue weighted by Gasteiger charge is 2.14. The Morgan fingerprint density at radius 3 is 2.35 bits per heavy atom. The fourth-order valence-electron chi connectivity index (χ4n) is 2.98. The Bertz CT molecular complexity index is 283. The number of amides is 1. The van der Waals surface area contributed by atoms with Gasteiger partial charge in [-0.05, 0) is 32.1 Å². The summed E-state index contributed by atoms with van der Waals surface area (Å²) >= 11 is 0. The summed E-state index contributed by atoms with van der Waals surface area (Å²) in [7, 11) is 0. The van der Waals surface area contributed by atoms with Crippen molar-refractivity contribution in [1.82, 2.24) is 5.32 Å². The van der Waals surface area contributed by atoms with Crippen LogP contribution in [0, 0.1) is 5.92 Å². The summed E-state index contributed by atoms with van der Waals surface area (Å²) < 4.78 is 0. The van der Waals surface area contributed by atoms with Crippen molar-refractivity contribution in [1.29, 1.82) is 0 Å². The van der Waals surface area contributed by atoms with Gasteiger partial charge in [0.25, 0.3) is 0 Å². The summed E-state index contributed by atoms with van der Waals surface area (Å²) in [6.45, 7) is 2.44. The molecule has 0 aromatic heterocycles. The third-order valence-corrected chi connectivity index (χ3v) is 4.28. The van der Waals surface area contributed by atoms with Gasteiger partial charge >= 0.3 is 0 Å². The number of nitrogens with one attached hydrogen (secondary N) is 1. The molecule has 0 spiro atoms. The normalized spacial score (nSPS) is 16.1. The van der Waals surface area contributed by atoms with Gasteiger partial charge in [-0.3, -0.25) is 4.79 Å². The van der Waals surface area contributed by atoms with Crippen LogP contribution in [0.5, 0.6) is 0 Å². The monoisotopic (exact) mass is 281 g/mol. The molecule has 0 heterocycles. The summed E-state index contributed by atoms with van der Waals surface area (Å²) in [4.78, 5) is 22.5. The van der Waals surface area contributed by atoms with Crippen molar-refractivity contribution in [3.8, 4) is 0 Å². The summed E-state index contributed by atoms with van der Waals surface area (Å²) in [6.07, 6.45) is 13.4. The van der Waals surface area contributed by atoms with Crippen molar-refractivity contribution in [3.63, 3.8) is 0 Å². The lowest BCUT2D eigenvalue weighted by Gasteiger charge is -2.20. The van der Waals surface area contributed by atoms with Crippen LogP contribution in [0.1, 0.15) is 84.0 Å². The molecule has 0 saturated heterocycles. The van der Waals surface area contributed by atoms with Gasteiger partial charge < -0.3 is 10.1 Å². The fraction of sp³-hybridized carbons (Fsp3) is 0.882. The first kappa shape index (κ1) is 17.2. The zero-order chi connectivity index (χ0) is 14.6. The first-order chi connectivity index (χ1) is 9.68. The third kappa shape index (κ3) is 9.11. The van der Waals surface area contributed by atoms with Crippen molar-refractivity contribution >= 4 is 11.7 Å². The van der Waals surface area contributed by atoms with Crippen LogP contribution < -0.4 is 5.32 Å². The minimum Gasteiger partial charge on any atom is -0.356 e. The topological polar surface area (TPSA) is 46.2 Å². The number of carbonyl (C=O) groups is 2. The SMILES string of the molecule is CC(=O)CCCCCCNC(=O)CCC1CCCCC1. The molecular weight excluding hydrogens is 250 g/mol. The van der Waals surface area contributed by atoms with Gasteiger partial charge in [-0.25, -0.2) is 0 Å². The molecule has 1 aliphatic rings. The lowest BCUT2D eigenvalue weighted by molar-refractivity contribution is -0.121. The van der Waals surface area contributed by atoms with Crippen LogP contribution in [0.25, 0.3) is 0 Å². The maximum Gasteiger partial charge on any atom is 0.220 e. The van der Waals surface area contributed by atoms with E-state index in [0.29, 0.717) is 12.8 Å². The molecular formula is C17H31NO2. The summed E-state index contributed by atoms with van der Waals surface area (Å²) in [5.41, 5.74) is 0. The molecule has 1 aliphatic carbocycles. The van der Waals surface area contributed by atoms with Gasteiger partial charge in [0.1, 0.15) is 5.78 Å². The van der Waals surface area contributed by atoms with E-state index in [1.807, 2.05) is 0 Å². The van der Waals surface area contributed by atoms with Gasteiger partial charge in [-0.2, -0.15) is 0 Å². The minimum atomic E-state index is 0.222. The molecule has 1 N–H and O–H groups in total. The molecule has 3 nitrogen and oxygen atoms in total.